The zero-order valence-electron chi connectivity index (χ0n) is 12.6. The third-order valence-corrected chi connectivity index (χ3v) is 3.28. The van der Waals surface area contributed by atoms with E-state index in [1.165, 1.54) is 0 Å². The Morgan fingerprint density at radius 2 is 1.32 bits per heavy atom. The third-order valence-electron chi connectivity index (χ3n) is 3.28. The Hall–Kier alpha value is -2.75. The van der Waals surface area contributed by atoms with Crippen LogP contribution in [0.25, 0.3) is 5.57 Å². The van der Waals surface area contributed by atoms with E-state index in [1.807, 2.05) is 48.5 Å². The topological polar surface area (TPSA) is 55.8 Å². The minimum absolute atomic E-state index is 0.0343. The molecule has 0 bridgehead atoms. The van der Waals surface area contributed by atoms with Crippen LogP contribution in [0.1, 0.15) is 17.5 Å². The fourth-order valence-electron chi connectivity index (χ4n) is 2.13. The highest BCUT2D eigenvalue weighted by atomic mass is 16.5. The molecule has 0 atom stereocenters. The van der Waals surface area contributed by atoms with Crippen LogP contribution in [0.4, 0.5) is 0 Å². The quantitative estimate of drug-likeness (QED) is 0.885. The van der Waals surface area contributed by atoms with Crippen LogP contribution < -0.4 is 9.47 Å². The number of carboxylic acids is 1. The molecule has 0 heterocycles. The molecule has 0 spiro atoms. The molecule has 0 unspecified atom stereocenters. The van der Waals surface area contributed by atoms with Crippen molar-refractivity contribution in [2.75, 3.05) is 14.2 Å². The van der Waals surface area contributed by atoms with Crippen molar-refractivity contribution < 1.29 is 19.4 Å². The summed E-state index contributed by atoms with van der Waals surface area (Å²) in [5.41, 5.74) is 2.74. The van der Waals surface area contributed by atoms with Crippen molar-refractivity contribution in [3.8, 4) is 11.5 Å². The number of ether oxygens (including phenoxy) is 2. The summed E-state index contributed by atoms with van der Waals surface area (Å²) in [6, 6.07) is 15.1. The summed E-state index contributed by atoms with van der Waals surface area (Å²) in [5.74, 6) is 0.659. The van der Waals surface area contributed by atoms with Crippen molar-refractivity contribution in [1.82, 2.24) is 0 Å². The zero-order chi connectivity index (χ0) is 15.9. The van der Waals surface area contributed by atoms with E-state index in [0.29, 0.717) is 0 Å². The molecule has 114 valence electrons. The van der Waals surface area contributed by atoms with E-state index in [9.17, 15) is 4.79 Å². The molecule has 0 aliphatic heterocycles. The second-order valence-corrected chi connectivity index (χ2v) is 4.67. The second kappa shape index (κ2) is 7.31. The van der Waals surface area contributed by atoms with Crippen molar-refractivity contribution in [3.05, 3.63) is 65.7 Å². The molecular weight excluding hydrogens is 280 g/mol. The highest BCUT2D eigenvalue weighted by Gasteiger charge is 2.07. The van der Waals surface area contributed by atoms with Crippen LogP contribution in [-0.4, -0.2) is 25.3 Å². The standard InChI is InChI=1S/C18H18O4/c1-21-15-7-3-13(4-8-15)17(11-12-18(19)20)14-5-9-16(22-2)10-6-14/h3-11H,12H2,1-2H3,(H,19,20). The predicted octanol–water partition coefficient (Wildman–Crippen LogP) is 3.61. The van der Waals surface area contributed by atoms with E-state index in [2.05, 4.69) is 0 Å². The Labute approximate surface area is 129 Å². The first-order valence-corrected chi connectivity index (χ1v) is 6.85. The molecule has 0 aliphatic carbocycles. The van der Waals surface area contributed by atoms with Gasteiger partial charge in [-0.25, -0.2) is 0 Å². The molecule has 2 aromatic carbocycles. The first kappa shape index (κ1) is 15.6. The molecule has 0 amide bonds. The lowest BCUT2D eigenvalue weighted by Crippen LogP contribution is -1.95. The van der Waals surface area contributed by atoms with Crippen LogP contribution in [0.15, 0.2) is 54.6 Å². The molecule has 0 fully saturated rings. The van der Waals surface area contributed by atoms with Gasteiger partial charge in [0.1, 0.15) is 11.5 Å². The fourth-order valence-corrected chi connectivity index (χ4v) is 2.13. The van der Waals surface area contributed by atoms with Crippen molar-refractivity contribution in [2.45, 2.75) is 6.42 Å². The van der Waals surface area contributed by atoms with Crippen molar-refractivity contribution >= 4 is 11.5 Å². The van der Waals surface area contributed by atoms with Gasteiger partial charge in [0.2, 0.25) is 0 Å². The monoisotopic (exact) mass is 298 g/mol. The highest BCUT2D eigenvalue weighted by molar-refractivity contribution is 5.83. The molecule has 2 aromatic rings. The van der Waals surface area contributed by atoms with E-state index in [4.69, 9.17) is 14.6 Å². The van der Waals surface area contributed by atoms with Crippen LogP contribution >= 0.6 is 0 Å². The number of rotatable bonds is 6. The molecule has 0 aliphatic rings. The SMILES string of the molecule is COc1ccc(C(=CCC(=O)O)c2ccc(OC)cc2)cc1. The van der Waals surface area contributed by atoms with Gasteiger partial charge in [0.25, 0.3) is 0 Å². The predicted molar refractivity (Wildman–Crippen MR) is 85.3 cm³/mol. The first-order chi connectivity index (χ1) is 10.6. The lowest BCUT2D eigenvalue weighted by molar-refractivity contribution is -0.135. The maximum Gasteiger partial charge on any atom is 0.307 e. The van der Waals surface area contributed by atoms with Crippen LogP contribution in [0.5, 0.6) is 11.5 Å². The number of hydrogen-bond acceptors (Lipinski definition) is 3. The normalized spacial score (nSPS) is 9.91. The smallest absolute Gasteiger partial charge is 0.307 e. The van der Waals surface area contributed by atoms with Gasteiger partial charge in [0.15, 0.2) is 0 Å². The minimum atomic E-state index is -0.862. The Morgan fingerprint density at radius 1 is 0.909 bits per heavy atom. The molecular formula is C18H18O4. The van der Waals surface area contributed by atoms with Gasteiger partial charge in [0.05, 0.1) is 20.6 Å². The lowest BCUT2D eigenvalue weighted by Gasteiger charge is -2.10. The largest absolute Gasteiger partial charge is 0.497 e. The number of aliphatic carboxylic acids is 1. The Morgan fingerprint density at radius 3 is 1.64 bits per heavy atom. The van der Waals surface area contributed by atoms with E-state index in [1.54, 1.807) is 20.3 Å². The van der Waals surface area contributed by atoms with Gasteiger partial charge in [-0.3, -0.25) is 4.79 Å². The first-order valence-electron chi connectivity index (χ1n) is 6.85. The summed E-state index contributed by atoms with van der Waals surface area (Å²) in [7, 11) is 3.22. The Kier molecular flexibility index (Phi) is 5.20. The molecule has 0 aromatic heterocycles. The van der Waals surface area contributed by atoms with Gasteiger partial charge in [-0.1, -0.05) is 30.3 Å². The van der Waals surface area contributed by atoms with Crippen LogP contribution in [0.3, 0.4) is 0 Å². The maximum atomic E-state index is 10.9. The molecule has 22 heavy (non-hydrogen) atoms. The number of methoxy groups -OCH3 is 2. The molecule has 4 nitrogen and oxygen atoms in total. The van der Waals surface area contributed by atoms with E-state index < -0.39 is 5.97 Å². The number of hydrogen-bond donors (Lipinski definition) is 1. The minimum Gasteiger partial charge on any atom is -0.497 e. The maximum absolute atomic E-state index is 10.9. The van der Waals surface area contributed by atoms with E-state index in [0.717, 1.165) is 28.2 Å². The lowest BCUT2D eigenvalue weighted by atomic mass is 9.96. The summed E-state index contributed by atoms with van der Waals surface area (Å²) in [6.45, 7) is 0. The summed E-state index contributed by atoms with van der Waals surface area (Å²) in [4.78, 5) is 10.9. The molecule has 0 radical (unpaired) electrons. The summed E-state index contributed by atoms with van der Waals surface area (Å²) < 4.78 is 10.3. The van der Waals surface area contributed by atoms with Gasteiger partial charge in [0, 0.05) is 0 Å². The van der Waals surface area contributed by atoms with Gasteiger partial charge in [-0.2, -0.15) is 0 Å². The number of benzene rings is 2. The van der Waals surface area contributed by atoms with E-state index >= 15 is 0 Å². The van der Waals surface area contributed by atoms with Gasteiger partial charge >= 0.3 is 5.97 Å². The van der Waals surface area contributed by atoms with Crippen LogP contribution in [0, 0.1) is 0 Å². The van der Waals surface area contributed by atoms with Crippen LogP contribution in [-0.2, 0) is 4.79 Å². The Balaban J connectivity index is 2.40. The van der Waals surface area contributed by atoms with Crippen molar-refractivity contribution in [3.63, 3.8) is 0 Å². The Bertz CT molecular complexity index is 605. The van der Waals surface area contributed by atoms with Gasteiger partial charge in [-0.05, 0) is 41.0 Å². The fraction of sp³-hybridized carbons (Fsp3) is 0.167. The average molecular weight is 298 g/mol. The summed E-state index contributed by atoms with van der Waals surface area (Å²) in [5, 5.41) is 8.94. The summed E-state index contributed by atoms with van der Waals surface area (Å²) >= 11 is 0. The van der Waals surface area contributed by atoms with Crippen LogP contribution in [0.2, 0.25) is 0 Å². The van der Waals surface area contributed by atoms with Crippen molar-refractivity contribution in [1.29, 1.82) is 0 Å². The van der Waals surface area contributed by atoms with E-state index in [-0.39, 0.29) is 6.42 Å². The number of carbonyl (C=O) groups is 1. The molecule has 0 saturated carbocycles. The average Bonchev–Trinajstić information content (AvgIpc) is 2.56. The highest BCUT2D eigenvalue weighted by Crippen LogP contribution is 2.27. The summed E-state index contributed by atoms with van der Waals surface area (Å²) in [6.07, 6.45) is 1.68. The number of carboxylic acid groups (broad SMARTS) is 1. The van der Waals surface area contributed by atoms with Gasteiger partial charge < -0.3 is 14.6 Å². The molecule has 4 heteroatoms. The second-order valence-electron chi connectivity index (χ2n) is 4.67. The third kappa shape index (κ3) is 3.88. The molecule has 1 N–H and O–H groups in total. The van der Waals surface area contributed by atoms with Gasteiger partial charge in [-0.15, -0.1) is 0 Å². The zero-order valence-corrected chi connectivity index (χ0v) is 12.6. The van der Waals surface area contributed by atoms with Crippen molar-refractivity contribution in [2.24, 2.45) is 0 Å². The molecule has 2 rings (SSSR count). The molecule has 0 saturated heterocycles.